The number of Topliss-reactive ketones (excluding diaryl/α,β-unsaturated/α-hetero) is 1. The van der Waals surface area contributed by atoms with Crippen LogP contribution in [0.4, 0.5) is 0 Å². The molecule has 0 atom stereocenters. The first-order valence-electron chi connectivity index (χ1n) is 11.5. The van der Waals surface area contributed by atoms with E-state index in [1.807, 2.05) is 13.0 Å². The third-order valence-electron chi connectivity index (χ3n) is 7.30. The van der Waals surface area contributed by atoms with Gasteiger partial charge in [-0.25, -0.2) is 0 Å². The van der Waals surface area contributed by atoms with Crippen LogP contribution in [0, 0.1) is 39.0 Å². The fourth-order valence-electron chi connectivity index (χ4n) is 5.85. The van der Waals surface area contributed by atoms with Gasteiger partial charge < -0.3 is 9.13 Å². The summed E-state index contributed by atoms with van der Waals surface area (Å²) in [4.78, 5) is 13.3. The van der Waals surface area contributed by atoms with Crippen molar-refractivity contribution in [2.45, 2.75) is 91.1 Å². The maximum absolute atomic E-state index is 13.3. The number of nitrogens with zero attached hydrogens (tertiary/aromatic N) is 3. The second-order valence-corrected chi connectivity index (χ2v) is 9.23. The Kier molecular flexibility index (Phi) is 5.73. The van der Waals surface area contributed by atoms with E-state index in [0.29, 0.717) is 17.6 Å². The minimum absolute atomic E-state index is 0.152. The number of nitriles is 1. The zero-order valence-corrected chi connectivity index (χ0v) is 18.8. The Morgan fingerprint density at radius 1 is 0.900 bits per heavy atom. The van der Waals surface area contributed by atoms with E-state index in [2.05, 4.69) is 42.0 Å². The molecule has 2 aliphatic carbocycles. The monoisotopic (exact) mass is 403 g/mol. The topological polar surface area (TPSA) is 50.7 Å². The van der Waals surface area contributed by atoms with Crippen LogP contribution in [0.25, 0.3) is 6.08 Å². The van der Waals surface area contributed by atoms with Crippen LogP contribution in [-0.4, -0.2) is 14.9 Å². The van der Waals surface area contributed by atoms with Crippen LogP contribution in [-0.2, 0) is 0 Å². The van der Waals surface area contributed by atoms with E-state index in [1.165, 1.54) is 57.1 Å². The number of hydrogen-bond acceptors (Lipinski definition) is 2. The van der Waals surface area contributed by atoms with E-state index < -0.39 is 0 Å². The molecule has 158 valence electrons. The molecular weight excluding hydrogens is 370 g/mol. The SMILES string of the molecule is Cc1cc(/C=C(/C#N)C(=O)c2cc(C)n(C3CCCC3)c2C)c(C)n1C1CCCC1. The Morgan fingerprint density at radius 3 is 1.93 bits per heavy atom. The van der Waals surface area contributed by atoms with Crippen LogP contribution in [0.1, 0.15) is 102 Å². The second-order valence-electron chi connectivity index (χ2n) is 9.23. The minimum atomic E-state index is -0.152. The smallest absolute Gasteiger partial charge is 0.205 e. The van der Waals surface area contributed by atoms with Crippen LogP contribution in [0.15, 0.2) is 17.7 Å². The van der Waals surface area contributed by atoms with E-state index in [0.717, 1.165) is 22.6 Å². The number of hydrogen-bond donors (Lipinski definition) is 0. The standard InChI is InChI=1S/C26H33N3O/c1-17-13-21(19(3)28(17)23-9-5-6-10-23)15-22(16-27)26(30)25-14-18(2)29(20(25)4)24-11-7-8-12-24/h13-15,23-24H,5-12H2,1-4H3/b22-15-. The fraction of sp³-hybridized carbons (Fsp3) is 0.538. The predicted molar refractivity (Wildman–Crippen MR) is 121 cm³/mol. The van der Waals surface area contributed by atoms with Crippen LogP contribution < -0.4 is 0 Å². The zero-order chi connectivity index (χ0) is 21.4. The number of rotatable bonds is 5. The first kappa shape index (κ1) is 20.7. The summed E-state index contributed by atoms with van der Waals surface area (Å²) in [6.07, 6.45) is 11.7. The van der Waals surface area contributed by atoms with Crippen molar-refractivity contribution in [2.75, 3.05) is 0 Å². The summed E-state index contributed by atoms with van der Waals surface area (Å²) >= 11 is 0. The van der Waals surface area contributed by atoms with Crippen LogP contribution in [0.5, 0.6) is 0 Å². The van der Waals surface area contributed by atoms with Gasteiger partial charge in [-0.1, -0.05) is 25.7 Å². The van der Waals surface area contributed by atoms with Gasteiger partial charge in [0.1, 0.15) is 11.6 Å². The van der Waals surface area contributed by atoms with Gasteiger partial charge in [-0.15, -0.1) is 0 Å². The van der Waals surface area contributed by atoms with Gasteiger partial charge in [0.15, 0.2) is 0 Å². The van der Waals surface area contributed by atoms with Crippen LogP contribution in [0.2, 0.25) is 0 Å². The molecule has 0 bridgehead atoms. The van der Waals surface area contributed by atoms with Crippen molar-refractivity contribution in [2.24, 2.45) is 0 Å². The molecule has 0 spiro atoms. The highest BCUT2D eigenvalue weighted by Crippen LogP contribution is 2.35. The fourth-order valence-corrected chi connectivity index (χ4v) is 5.85. The van der Waals surface area contributed by atoms with E-state index in [4.69, 9.17) is 0 Å². The number of carbonyl (C=O) groups excluding carboxylic acids is 1. The molecule has 2 fully saturated rings. The van der Waals surface area contributed by atoms with Crippen molar-refractivity contribution in [3.63, 3.8) is 0 Å². The lowest BCUT2D eigenvalue weighted by Crippen LogP contribution is -2.10. The quantitative estimate of drug-likeness (QED) is 0.323. The van der Waals surface area contributed by atoms with Gasteiger partial charge in [0.2, 0.25) is 5.78 Å². The summed E-state index contributed by atoms with van der Waals surface area (Å²) in [5, 5.41) is 9.82. The van der Waals surface area contributed by atoms with Crippen molar-refractivity contribution < 1.29 is 4.79 Å². The van der Waals surface area contributed by atoms with Crippen molar-refractivity contribution in [3.05, 3.63) is 51.6 Å². The summed E-state index contributed by atoms with van der Waals surface area (Å²) in [6.45, 7) is 8.35. The molecule has 4 rings (SSSR count). The summed E-state index contributed by atoms with van der Waals surface area (Å²) in [5.74, 6) is -0.152. The van der Waals surface area contributed by atoms with Crippen molar-refractivity contribution >= 4 is 11.9 Å². The summed E-state index contributed by atoms with van der Waals surface area (Å²) < 4.78 is 4.73. The third kappa shape index (κ3) is 3.55. The lowest BCUT2D eigenvalue weighted by atomic mass is 10.0. The largest absolute Gasteiger partial charge is 0.346 e. The van der Waals surface area contributed by atoms with Gasteiger partial charge in [0, 0.05) is 40.4 Å². The highest BCUT2D eigenvalue weighted by molar-refractivity contribution is 6.14. The zero-order valence-electron chi connectivity index (χ0n) is 18.8. The molecule has 2 aromatic heterocycles. The van der Waals surface area contributed by atoms with Gasteiger partial charge in [-0.2, -0.15) is 5.26 Å². The molecule has 0 radical (unpaired) electrons. The van der Waals surface area contributed by atoms with Crippen LogP contribution >= 0.6 is 0 Å². The lowest BCUT2D eigenvalue weighted by Gasteiger charge is -2.17. The number of carbonyl (C=O) groups is 1. The van der Waals surface area contributed by atoms with Gasteiger partial charge in [-0.05, 0) is 77.2 Å². The van der Waals surface area contributed by atoms with Gasteiger partial charge in [-0.3, -0.25) is 4.79 Å². The number of ketones is 1. The molecule has 2 aliphatic rings. The average molecular weight is 404 g/mol. The molecule has 0 unspecified atom stereocenters. The van der Waals surface area contributed by atoms with Gasteiger partial charge in [0.25, 0.3) is 0 Å². The molecule has 0 saturated heterocycles. The third-order valence-corrected chi connectivity index (χ3v) is 7.30. The molecule has 30 heavy (non-hydrogen) atoms. The first-order chi connectivity index (χ1) is 14.4. The molecule has 4 heteroatoms. The molecule has 2 aromatic rings. The molecule has 2 heterocycles. The normalized spacial score (nSPS) is 18.3. The van der Waals surface area contributed by atoms with Crippen molar-refractivity contribution in [1.29, 1.82) is 5.26 Å². The summed E-state index contributed by atoms with van der Waals surface area (Å²) in [7, 11) is 0. The minimum Gasteiger partial charge on any atom is -0.346 e. The molecule has 0 aliphatic heterocycles. The maximum Gasteiger partial charge on any atom is 0.205 e. The van der Waals surface area contributed by atoms with E-state index >= 15 is 0 Å². The Hall–Kier alpha value is -2.54. The molecular formula is C26H33N3O. The molecule has 0 aromatic carbocycles. The lowest BCUT2D eigenvalue weighted by molar-refractivity contribution is 0.103. The van der Waals surface area contributed by atoms with Crippen LogP contribution in [0.3, 0.4) is 0 Å². The number of aryl methyl sites for hydroxylation is 2. The average Bonchev–Trinajstić information content (AvgIpc) is 3.49. The Morgan fingerprint density at radius 2 is 1.40 bits per heavy atom. The maximum atomic E-state index is 13.3. The molecule has 4 nitrogen and oxygen atoms in total. The summed E-state index contributed by atoms with van der Waals surface area (Å²) in [6, 6.07) is 7.34. The van der Waals surface area contributed by atoms with Crippen molar-refractivity contribution in [1.82, 2.24) is 9.13 Å². The molecule has 0 amide bonds. The Balaban J connectivity index is 1.67. The molecule has 2 saturated carbocycles. The predicted octanol–water partition coefficient (Wildman–Crippen LogP) is 6.54. The Bertz CT molecular complexity index is 1030. The highest BCUT2D eigenvalue weighted by Gasteiger charge is 2.26. The number of aromatic nitrogens is 2. The molecule has 0 N–H and O–H groups in total. The highest BCUT2D eigenvalue weighted by atomic mass is 16.1. The Labute approximate surface area is 180 Å². The van der Waals surface area contributed by atoms with Gasteiger partial charge >= 0.3 is 0 Å². The van der Waals surface area contributed by atoms with E-state index in [1.54, 1.807) is 6.08 Å². The van der Waals surface area contributed by atoms with E-state index in [9.17, 15) is 10.1 Å². The van der Waals surface area contributed by atoms with E-state index in [-0.39, 0.29) is 11.4 Å². The number of allylic oxidation sites excluding steroid dienone is 1. The van der Waals surface area contributed by atoms with Crippen molar-refractivity contribution in [3.8, 4) is 6.07 Å². The first-order valence-corrected chi connectivity index (χ1v) is 11.5. The summed E-state index contributed by atoms with van der Waals surface area (Å²) in [5.41, 5.74) is 6.41. The second kappa shape index (κ2) is 8.30. The van der Waals surface area contributed by atoms with Gasteiger partial charge in [0.05, 0.1) is 0 Å².